The predicted octanol–water partition coefficient (Wildman–Crippen LogP) is 0.417. The second-order valence-electron chi connectivity index (χ2n) is 3.44. The van der Waals surface area contributed by atoms with Gasteiger partial charge in [-0.25, -0.2) is 0 Å². The minimum absolute atomic E-state index is 0.0785. The van der Waals surface area contributed by atoms with Crippen molar-refractivity contribution in [2.24, 2.45) is 7.05 Å². The van der Waals surface area contributed by atoms with Crippen molar-refractivity contribution in [1.82, 2.24) is 14.7 Å². The Hall–Kier alpha value is -1.57. The molecule has 1 aromatic heterocycles. The van der Waals surface area contributed by atoms with Gasteiger partial charge in [-0.1, -0.05) is 0 Å². The molecule has 0 saturated heterocycles. The molecule has 1 aromatic rings. The molecule has 1 heterocycles. The maximum Gasteiger partial charge on any atom is 0.406 e. The van der Waals surface area contributed by atoms with Gasteiger partial charge >= 0.3 is 6.18 Å². The van der Waals surface area contributed by atoms with Crippen LogP contribution in [0.3, 0.4) is 0 Å². The number of hydrogen-bond acceptors (Lipinski definition) is 3. The SMILES string of the molecule is Cn1ccc(C(=O)N(CCO)CC(F)(F)F)n1. The first-order valence-electron chi connectivity index (χ1n) is 4.80. The Bertz CT molecular complexity index is 389. The quantitative estimate of drug-likeness (QED) is 0.843. The van der Waals surface area contributed by atoms with Crippen LogP contribution in [0.1, 0.15) is 10.5 Å². The van der Waals surface area contributed by atoms with Crippen LogP contribution in [0.5, 0.6) is 0 Å². The van der Waals surface area contributed by atoms with E-state index < -0.39 is 25.2 Å². The summed E-state index contributed by atoms with van der Waals surface area (Å²) in [5.41, 5.74) is -0.0785. The Morgan fingerprint density at radius 2 is 2.24 bits per heavy atom. The lowest BCUT2D eigenvalue weighted by atomic mass is 10.3. The summed E-state index contributed by atoms with van der Waals surface area (Å²) in [6, 6.07) is 1.32. The molecule has 0 aromatic carbocycles. The summed E-state index contributed by atoms with van der Waals surface area (Å²) in [6.07, 6.45) is -3.04. The third-order valence-electron chi connectivity index (χ3n) is 1.96. The fraction of sp³-hybridized carbons (Fsp3) is 0.556. The van der Waals surface area contributed by atoms with Crippen LogP contribution in [0.2, 0.25) is 0 Å². The number of carbonyl (C=O) groups is 1. The van der Waals surface area contributed by atoms with Crippen LogP contribution in [0.15, 0.2) is 12.3 Å². The van der Waals surface area contributed by atoms with Crippen LogP contribution in [0, 0.1) is 0 Å². The average Bonchev–Trinajstić information content (AvgIpc) is 2.61. The van der Waals surface area contributed by atoms with Gasteiger partial charge in [0.25, 0.3) is 5.91 Å². The highest BCUT2D eigenvalue weighted by Crippen LogP contribution is 2.17. The summed E-state index contributed by atoms with van der Waals surface area (Å²) >= 11 is 0. The Morgan fingerprint density at radius 3 is 2.65 bits per heavy atom. The Morgan fingerprint density at radius 1 is 1.59 bits per heavy atom. The Kier molecular flexibility index (Phi) is 4.11. The number of rotatable bonds is 4. The standard InChI is InChI=1S/C9H12F3N3O2/c1-14-3-2-7(13-14)8(17)15(4-5-16)6-9(10,11)12/h2-3,16H,4-6H2,1H3. The summed E-state index contributed by atoms with van der Waals surface area (Å²) in [5, 5.41) is 12.4. The van der Waals surface area contributed by atoms with Crippen molar-refractivity contribution in [1.29, 1.82) is 0 Å². The van der Waals surface area contributed by atoms with Crippen LogP contribution in [-0.4, -0.2) is 51.6 Å². The van der Waals surface area contributed by atoms with Gasteiger partial charge in [0.1, 0.15) is 12.2 Å². The molecule has 1 N–H and O–H groups in total. The third kappa shape index (κ3) is 4.06. The molecule has 0 bridgehead atoms. The Balaban J connectivity index is 2.80. The Labute approximate surface area is 95.4 Å². The number of hydrogen-bond donors (Lipinski definition) is 1. The monoisotopic (exact) mass is 251 g/mol. The molecule has 0 aliphatic carbocycles. The van der Waals surface area contributed by atoms with E-state index in [2.05, 4.69) is 5.10 Å². The van der Waals surface area contributed by atoms with Crippen molar-refractivity contribution >= 4 is 5.91 Å². The molecule has 1 amide bonds. The zero-order valence-electron chi connectivity index (χ0n) is 9.11. The highest BCUT2D eigenvalue weighted by atomic mass is 19.4. The van der Waals surface area contributed by atoms with Crippen molar-refractivity contribution in [2.45, 2.75) is 6.18 Å². The molecule has 0 unspecified atom stereocenters. The smallest absolute Gasteiger partial charge is 0.395 e. The van der Waals surface area contributed by atoms with Gasteiger partial charge in [0.05, 0.1) is 6.61 Å². The number of nitrogens with zero attached hydrogens (tertiary/aromatic N) is 3. The molecule has 8 heteroatoms. The molecule has 0 saturated carbocycles. The molecule has 1 rings (SSSR count). The average molecular weight is 251 g/mol. The van der Waals surface area contributed by atoms with E-state index in [1.165, 1.54) is 16.9 Å². The zero-order chi connectivity index (χ0) is 13.1. The highest BCUT2D eigenvalue weighted by Gasteiger charge is 2.33. The number of aliphatic hydroxyl groups excluding tert-OH is 1. The zero-order valence-corrected chi connectivity index (χ0v) is 9.11. The van der Waals surface area contributed by atoms with Gasteiger partial charge in [-0.2, -0.15) is 18.3 Å². The van der Waals surface area contributed by atoms with Gasteiger partial charge in [-0.05, 0) is 6.07 Å². The fourth-order valence-corrected chi connectivity index (χ4v) is 1.28. The van der Waals surface area contributed by atoms with Gasteiger partial charge in [0.15, 0.2) is 0 Å². The lowest BCUT2D eigenvalue weighted by molar-refractivity contribution is -0.141. The van der Waals surface area contributed by atoms with Crippen molar-refractivity contribution in [2.75, 3.05) is 19.7 Å². The summed E-state index contributed by atoms with van der Waals surface area (Å²) in [6.45, 7) is -2.31. The molecule has 0 radical (unpaired) electrons. The highest BCUT2D eigenvalue weighted by molar-refractivity contribution is 5.92. The lowest BCUT2D eigenvalue weighted by Gasteiger charge is -2.21. The predicted molar refractivity (Wildman–Crippen MR) is 52.3 cm³/mol. The molecule has 96 valence electrons. The van der Waals surface area contributed by atoms with E-state index in [9.17, 15) is 18.0 Å². The molecule has 0 spiro atoms. The molecule has 5 nitrogen and oxygen atoms in total. The lowest BCUT2D eigenvalue weighted by Crippen LogP contribution is -2.40. The van der Waals surface area contributed by atoms with Gasteiger partial charge in [-0.15, -0.1) is 0 Å². The topological polar surface area (TPSA) is 58.4 Å². The fourth-order valence-electron chi connectivity index (χ4n) is 1.28. The van der Waals surface area contributed by atoms with E-state index in [-0.39, 0.29) is 12.2 Å². The maximum atomic E-state index is 12.2. The van der Waals surface area contributed by atoms with Crippen molar-refractivity contribution in [3.8, 4) is 0 Å². The van der Waals surface area contributed by atoms with Crippen LogP contribution in [0.25, 0.3) is 0 Å². The third-order valence-corrected chi connectivity index (χ3v) is 1.96. The summed E-state index contributed by atoms with van der Waals surface area (Å²) < 4.78 is 37.9. The summed E-state index contributed by atoms with van der Waals surface area (Å²) in [5.74, 6) is -0.850. The largest absolute Gasteiger partial charge is 0.406 e. The van der Waals surface area contributed by atoms with Crippen LogP contribution < -0.4 is 0 Å². The van der Waals surface area contributed by atoms with Crippen LogP contribution in [0.4, 0.5) is 13.2 Å². The number of aromatic nitrogens is 2. The van der Waals surface area contributed by atoms with Gasteiger partial charge < -0.3 is 10.0 Å². The molecule has 0 atom stereocenters. The van der Waals surface area contributed by atoms with E-state index in [1.54, 1.807) is 7.05 Å². The normalized spacial score (nSPS) is 11.6. The molecule has 0 fully saturated rings. The van der Waals surface area contributed by atoms with E-state index in [1.807, 2.05) is 0 Å². The first kappa shape index (κ1) is 13.5. The maximum absolute atomic E-state index is 12.2. The van der Waals surface area contributed by atoms with Crippen molar-refractivity contribution in [3.05, 3.63) is 18.0 Å². The number of alkyl halides is 3. The first-order valence-corrected chi connectivity index (χ1v) is 4.80. The number of aliphatic hydroxyl groups is 1. The van der Waals surface area contributed by atoms with E-state index in [0.29, 0.717) is 4.90 Å². The molecular weight excluding hydrogens is 239 g/mol. The number of carbonyl (C=O) groups excluding carboxylic acids is 1. The van der Waals surface area contributed by atoms with E-state index >= 15 is 0 Å². The first-order chi connectivity index (χ1) is 7.83. The van der Waals surface area contributed by atoms with E-state index in [0.717, 1.165) is 0 Å². The molecule has 0 aliphatic rings. The van der Waals surface area contributed by atoms with Crippen molar-refractivity contribution in [3.63, 3.8) is 0 Å². The minimum Gasteiger partial charge on any atom is -0.395 e. The number of amides is 1. The van der Waals surface area contributed by atoms with Crippen LogP contribution in [-0.2, 0) is 7.05 Å². The number of aryl methyl sites for hydroxylation is 1. The summed E-state index contributed by atoms with van der Waals surface area (Å²) in [4.78, 5) is 12.2. The molecule has 17 heavy (non-hydrogen) atoms. The van der Waals surface area contributed by atoms with Gasteiger partial charge in [0, 0.05) is 19.8 Å². The molecular formula is C9H12F3N3O2. The molecule has 0 aliphatic heterocycles. The minimum atomic E-state index is -4.50. The van der Waals surface area contributed by atoms with Crippen molar-refractivity contribution < 1.29 is 23.1 Å². The van der Waals surface area contributed by atoms with Crippen LogP contribution >= 0.6 is 0 Å². The number of halogens is 3. The second kappa shape index (κ2) is 5.17. The van der Waals surface area contributed by atoms with Gasteiger partial charge in [-0.3, -0.25) is 9.48 Å². The summed E-state index contributed by atoms with van der Waals surface area (Å²) in [7, 11) is 1.55. The van der Waals surface area contributed by atoms with E-state index in [4.69, 9.17) is 5.11 Å². The van der Waals surface area contributed by atoms with Gasteiger partial charge in [0.2, 0.25) is 0 Å². The second-order valence-corrected chi connectivity index (χ2v) is 3.44.